The maximum Gasteiger partial charge on any atom is 0.133 e. The van der Waals surface area contributed by atoms with Crippen LogP contribution in [0.2, 0.25) is 0 Å². The van der Waals surface area contributed by atoms with Gasteiger partial charge < -0.3 is 10.2 Å². The van der Waals surface area contributed by atoms with Gasteiger partial charge in [0, 0.05) is 12.8 Å². The summed E-state index contributed by atoms with van der Waals surface area (Å²) in [6.45, 7) is 7.05. The molecular weight excluding hydrogens is 324 g/mol. The molecule has 0 saturated carbocycles. The van der Waals surface area contributed by atoms with Crippen LogP contribution < -0.4 is 0 Å². The first-order valence-electron chi connectivity index (χ1n) is 9.21. The Kier molecular flexibility index (Phi) is 6.38. The highest BCUT2D eigenvalue weighted by Gasteiger charge is 2.16. The average Bonchev–Trinajstić information content (AvgIpc) is 2.57. The lowest BCUT2D eigenvalue weighted by molar-refractivity contribution is -0.119. The molecule has 0 aliphatic carbocycles. The van der Waals surface area contributed by atoms with Crippen LogP contribution in [-0.4, -0.2) is 16.0 Å². The molecule has 0 aliphatic heterocycles. The SMILES string of the molecule is CC(C)(O)c1ccc(CCC(=O)CCc2ccc(C(C)(C)O)cc2)cc1. The quantitative estimate of drug-likeness (QED) is 0.744. The maximum absolute atomic E-state index is 12.2. The van der Waals surface area contributed by atoms with E-state index < -0.39 is 11.2 Å². The van der Waals surface area contributed by atoms with E-state index in [1.165, 1.54) is 0 Å². The summed E-state index contributed by atoms with van der Waals surface area (Å²) in [5.74, 6) is 0.253. The maximum atomic E-state index is 12.2. The van der Waals surface area contributed by atoms with Gasteiger partial charge in [-0.05, 0) is 62.8 Å². The number of hydrogen-bond acceptors (Lipinski definition) is 3. The van der Waals surface area contributed by atoms with E-state index in [0.717, 1.165) is 35.1 Å². The van der Waals surface area contributed by atoms with Crippen LogP contribution >= 0.6 is 0 Å². The highest BCUT2D eigenvalue weighted by Crippen LogP contribution is 2.21. The van der Waals surface area contributed by atoms with Gasteiger partial charge in [0.2, 0.25) is 0 Å². The van der Waals surface area contributed by atoms with Gasteiger partial charge in [-0.15, -0.1) is 0 Å². The Labute approximate surface area is 156 Å². The predicted octanol–water partition coefficient (Wildman–Crippen LogP) is 4.28. The van der Waals surface area contributed by atoms with Crippen molar-refractivity contribution in [3.05, 3.63) is 70.8 Å². The van der Waals surface area contributed by atoms with Gasteiger partial charge in [-0.3, -0.25) is 4.79 Å². The number of aliphatic hydroxyl groups is 2. The molecule has 0 aliphatic rings. The number of Topliss-reactive ketones (excluding diaryl/α,β-unsaturated/α-hetero) is 1. The Morgan fingerprint density at radius 1 is 0.692 bits per heavy atom. The van der Waals surface area contributed by atoms with Crippen molar-refractivity contribution >= 4 is 5.78 Å². The van der Waals surface area contributed by atoms with Crippen LogP contribution in [0.5, 0.6) is 0 Å². The minimum atomic E-state index is -0.838. The summed E-state index contributed by atoms with van der Waals surface area (Å²) >= 11 is 0. The van der Waals surface area contributed by atoms with E-state index in [0.29, 0.717) is 12.8 Å². The van der Waals surface area contributed by atoms with Crippen molar-refractivity contribution in [2.45, 2.75) is 64.6 Å². The van der Waals surface area contributed by atoms with Gasteiger partial charge >= 0.3 is 0 Å². The minimum Gasteiger partial charge on any atom is -0.386 e. The molecule has 0 radical (unpaired) electrons. The van der Waals surface area contributed by atoms with Gasteiger partial charge in [0.25, 0.3) is 0 Å². The summed E-state index contributed by atoms with van der Waals surface area (Å²) in [4.78, 5) is 12.2. The molecule has 2 rings (SSSR count). The zero-order valence-corrected chi connectivity index (χ0v) is 16.2. The standard InChI is InChI=1S/C23H30O3/c1-22(2,25)19-11-5-17(6-12-19)9-15-21(24)16-10-18-7-13-20(14-8-18)23(3,4)26/h5-8,11-14,25-26H,9-10,15-16H2,1-4H3. The number of rotatable bonds is 8. The zero-order valence-electron chi connectivity index (χ0n) is 16.2. The highest BCUT2D eigenvalue weighted by atomic mass is 16.3. The third-order valence-corrected chi connectivity index (χ3v) is 4.71. The summed E-state index contributed by atoms with van der Waals surface area (Å²) in [5.41, 5.74) is 2.30. The van der Waals surface area contributed by atoms with E-state index in [4.69, 9.17) is 0 Å². The number of ketones is 1. The van der Waals surface area contributed by atoms with Crippen LogP contribution in [0.15, 0.2) is 48.5 Å². The van der Waals surface area contributed by atoms with Crippen LogP contribution in [0, 0.1) is 0 Å². The van der Waals surface area contributed by atoms with Gasteiger partial charge in [0.15, 0.2) is 0 Å². The number of benzene rings is 2. The molecule has 0 saturated heterocycles. The lowest BCUT2D eigenvalue weighted by Crippen LogP contribution is -2.15. The smallest absolute Gasteiger partial charge is 0.133 e. The molecule has 2 aromatic carbocycles. The van der Waals surface area contributed by atoms with Crippen molar-refractivity contribution in [1.82, 2.24) is 0 Å². The molecule has 3 nitrogen and oxygen atoms in total. The molecule has 26 heavy (non-hydrogen) atoms. The Bertz CT molecular complexity index is 651. The van der Waals surface area contributed by atoms with Crippen LogP contribution in [0.1, 0.15) is 62.8 Å². The topological polar surface area (TPSA) is 57.5 Å². The molecule has 0 atom stereocenters. The Hall–Kier alpha value is -1.97. The number of aryl methyl sites for hydroxylation is 2. The predicted molar refractivity (Wildman–Crippen MR) is 105 cm³/mol. The van der Waals surface area contributed by atoms with Crippen LogP contribution in [0.3, 0.4) is 0 Å². The zero-order chi connectivity index (χ0) is 19.4. The first-order valence-corrected chi connectivity index (χ1v) is 9.21. The normalized spacial score (nSPS) is 12.2. The van der Waals surface area contributed by atoms with Crippen molar-refractivity contribution < 1.29 is 15.0 Å². The molecule has 0 amide bonds. The second-order valence-electron chi connectivity index (χ2n) is 8.05. The summed E-state index contributed by atoms with van der Waals surface area (Å²) in [6.07, 6.45) is 2.51. The van der Waals surface area contributed by atoms with Gasteiger partial charge in [0.1, 0.15) is 5.78 Å². The van der Waals surface area contributed by atoms with Crippen LogP contribution in [0.4, 0.5) is 0 Å². The molecule has 0 spiro atoms. The fourth-order valence-electron chi connectivity index (χ4n) is 2.85. The van der Waals surface area contributed by atoms with E-state index >= 15 is 0 Å². The van der Waals surface area contributed by atoms with Crippen molar-refractivity contribution in [1.29, 1.82) is 0 Å². The molecular formula is C23H30O3. The van der Waals surface area contributed by atoms with Crippen molar-refractivity contribution in [3.63, 3.8) is 0 Å². The fourth-order valence-corrected chi connectivity index (χ4v) is 2.85. The molecule has 3 heteroatoms. The van der Waals surface area contributed by atoms with Gasteiger partial charge in [0.05, 0.1) is 11.2 Å². The first kappa shape index (κ1) is 20.3. The lowest BCUT2D eigenvalue weighted by atomic mass is 9.95. The second kappa shape index (κ2) is 8.15. The molecule has 2 N–H and O–H groups in total. The number of carbonyl (C=O) groups is 1. The van der Waals surface area contributed by atoms with Crippen LogP contribution in [0.25, 0.3) is 0 Å². The summed E-state index contributed by atoms with van der Waals surface area (Å²) in [5, 5.41) is 19.9. The van der Waals surface area contributed by atoms with E-state index in [1.807, 2.05) is 48.5 Å². The summed E-state index contributed by atoms with van der Waals surface area (Å²) in [6, 6.07) is 15.6. The van der Waals surface area contributed by atoms with Gasteiger partial charge in [-0.1, -0.05) is 48.5 Å². The Balaban J connectivity index is 1.80. The first-order chi connectivity index (χ1) is 12.1. The number of hydrogen-bond donors (Lipinski definition) is 2. The molecule has 0 fully saturated rings. The molecule has 0 bridgehead atoms. The van der Waals surface area contributed by atoms with E-state index in [1.54, 1.807) is 27.7 Å². The van der Waals surface area contributed by atoms with E-state index in [9.17, 15) is 15.0 Å². The summed E-state index contributed by atoms with van der Waals surface area (Å²) in [7, 11) is 0. The Morgan fingerprint density at radius 3 is 1.27 bits per heavy atom. The van der Waals surface area contributed by atoms with Crippen molar-refractivity contribution in [2.24, 2.45) is 0 Å². The fraction of sp³-hybridized carbons (Fsp3) is 0.435. The summed E-state index contributed by atoms with van der Waals surface area (Å²) < 4.78 is 0. The largest absolute Gasteiger partial charge is 0.386 e. The number of carbonyl (C=O) groups excluding carboxylic acids is 1. The van der Waals surface area contributed by atoms with Gasteiger partial charge in [-0.25, -0.2) is 0 Å². The monoisotopic (exact) mass is 354 g/mol. The van der Waals surface area contributed by atoms with Crippen molar-refractivity contribution in [3.8, 4) is 0 Å². The third-order valence-electron chi connectivity index (χ3n) is 4.71. The van der Waals surface area contributed by atoms with Gasteiger partial charge in [-0.2, -0.15) is 0 Å². The molecule has 0 heterocycles. The molecule has 0 aromatic heterocycles. The van der Waals surface area contributed by atoms with Crippen molar-refractivity contribution in [2.75, 3.05) is 0 Å². The van der Waals surface area contributed by atoms with E-state index in [-0.39, 0.29) is 5.78 Å². The second-order valence-corrected chi connectivity index (χ2v) is 8.05. The molecule has 140 valence electrons. The van der Waals surface area contributed by atoms with E-state index in [2.05, 4.69) is 0 Å². The molecule has 0 unspecified atom stereocenters. The highest BCUT2D eigenvalue weighted by molar-refractivity contribution is 5.78. The minimum absolute atomic E-state index is 0.253. The average molecular weight is 354 g/mol. The van der Waals surface area contributed by atoms with Crippen LogP contribution in [-0.2, 0) is 28.8 Å². The third kappa shape index (κ3) is 6.08. The lowest BCUT2D eigenvalue weighted by Gasteiger charge is -2.18. The molecule has 2 aromatic rings. The Morgan fingerprint density at radius 2 is 1.00 bits per heavy atom.